The lowest BCUT2D eigenvalue weighted by Crippen LogP contribution is -2.56. The third kappa shape index (κ3) is 8.80. The van der Waals surface area contributed by atoms with Gasteiger partial charge in [-0.15, -0.1) is 0 Å². The van der Waals surface area contributed by atoms with Crippen LogP contribution in [0.2, 0.25) is 0 Å². The molecule has 0 aliphatic carbocycles. The second-order valence-electron chi connectivity index (χ2n) is 11.8. The molecule has 0 unspecified atom stereocenters. The molecule has 0 saturated heterocycles. The number of aryl methyl sites for hydroxylation is 1. The van der Waals surface area contributed by atoms with Gasteiger partial charge in [-0.25, -0.2) is 8.42 Å². The first-order chi connectivity index (χ1) is 20.8. The summed E-state index contributed by atoms with van der Waals surface area (Å²) in [6, 6.07) is 31.1. The van der Waals surface area contributed by atoms with E-state index in [0.717, 1.165) is 25.5 Å². The number of rotatable bonds is 11. The summed E-state index contributed by atoms with van der Waals surface area (Å²) in [5, 5.41) is 3.05. The molecule has 0 aromatic heterocycles. The smallest absolute Gasteiger partial charge is 0.264 e. The number of benzene rings is 4. The molecule has 0 aliphatic rings. The van der Waals surface area contributed by atoms with Gasteiger partial charge in [0.05, 0.1) is 10.6 Å². The molecule has 0 aliphatic heterocycles. The quantitative estimate of drug-likeness (QED) is 0.196. The van der Waals surface area contributed by atoms with Gasteiger partial charge in [0.15, 0.2) is 0 Å². The second kappa shape index (κ2) is 14.2. The number of amides is 2. The minimum Gasteiger partial charge on any atom is -0.350 e. The van der Waals surface area contributed by atoms with E-state index >= 15 is 0 Å². The summed E-state index contributed by atoms with van der Waals surface area (Å²) in [5.74, 6) is -0.817. The standard InChI is InChI=1S/C35H38BrN3O4S/c1-26-12-11-15-28(22-26)24-38(32(34(41)37-35(2,3)4)23-27-13-7-5-8-14-27)33(40)25-39(30-20-18-29(36)19-21-30)44(42,43)31-16-9-6-10-17-31/h5-22,32H,23-25H2,1-4H3,(H,37,41)/t32-/m1/s1. The van der Waals surface area contributed by atoms with Gasteiger partial charge in [0.2, 0.25) is 11.8 Å². The van der Waals surface area contributed by atoms with E-state index in [9.17, 15) is 18.0 Å². The minimum atomic E-state index is -4.14. The predicted octanol–water partition coefficient (Wildman–Crippen LogP) is 6.51. The highest BCUT2D eigenvalue weighted by Gasteiger charge is 2.35. The number of sulfonamides is 1. The molecule has 230 valence electrons. The van der Waals surface area contributed by atoms with Crippen molar-refractivity contribution in [1.82, 2.24) is 10.2 Å². The van der Waals surface area contributed by atoms with Crippen LogP contribution in [0, 0.1) is 6.92 Å². The van der Waals surface area contributed by atoms with Crippen molar-refractivity contribution in [3.05, 3.63) is 130 Å². The van der Waals surface area contributed by atoms with E-state index in [1.165, 1.54) is 17.0 Å². The Hall–Kier alpha value is -3.95. The normalized spacial score (nSPS) is 12.3. The Morgan fingerprint density at radius 3 is 2.00 bits per heavy atom. The molecule has 9 heteroatoms. The first-order valence-electron chi connectivity index (χ1n) is 14.4. The van der Waals surface area contributed by atoms with E-state index < -0.39 is 34.1 Å². The summed E-state index contributed by atoms with van der Waals surface area (Å²) in [5.41, 5.74) is 2.51. The van der Waals surface area contributed by atoms with Gasteiger partial charge in [0.25, 0.3) is 10.0 Å². The van der Waals surface area contributed by atoms with E-state index in [0.29, 0.717) is 5.69 Å². The zero-order valence-electron chi connectivity index (χ0n) is 25.4. The molecule has 1 N–H and O–H groups in total. The zero-order chi connectivity index (χ0) is 31.9. The van der Waals surface area contributed by atoms with E-state index in [1.807, 2.05) is 82.3 Å². The summed E-state index contributed by atoms with van der Waals surface area (Å²) in [6.45, 7) is 7.25. The predicted molar refractivity (Wildman–Crippen MR) is 179 cm³/mol. The Labute approximate surface area is 269 Å². The largest absolute Gasteiger partial charge is 0.350 e. The molecule has 4 aromatic rings. The van der Waals surface area contributed by atoms with Crippen molar-refractivity contribution < 1.29 is 18.0 Å². The van der Waals surface area contributed by atoms with Crippen molar-refractivity contribution in [1.29, 1.82) is 0 Å². The highest BCUT2D eigenvalue weighted by molar-refractivity contribution is 9.10. The molecule has 7 nitrogen and oxygen atoms in total. The lowest BCUT2D eigenvalue weighted by Gasteiger charge is -2.35. The molecule has 0 bridgehead atoms. The Morgan fingerprint density at radius 1 is 0.818 bits per heavy atom. The maximum absolute atomic E-state index is 14.5. The van der Waals surface area contributed by atoms with Crippen LogP contribution in [0.1, 0.15) is 37.5 Å². The van der Waals surface area contributed by atoms with Crippen molar-refractivity contribution in [3.63, 3.8) is 0 Å². The van der Waals surface area contributed by atoms with Crippen LogP contribution < -0.4 is 9.62 Å². The SMILES string of the molecule is Cc1cccc(CN(C(=O)CN(c2ccc(Br)cc2)S(=O)(=O)c2ccccc2)[C@H](Cc2ccccc2)C(=O)NC(C)(C)C)c1. The van der Waals surface area contributed by atoms with Crippen LogP contribution in [0.15, 0.2) is 119 Å². The van der Waals surface area contributed by atoms with Gasteiger partial charge in [-0.2, -0.15) is 0 Å². The number of nitrogens with zero attached hydrogens (tertiary/aromatic N) is 2. The fraction of sp³-hybridized carbons (Fsp3) is 0.257. The number of hydrogen-bond acceptors (Lipinski definition) is 4. The van der Waals surface area contributed by atoms with Crippen LogP contribution in [0.25, 0.3) is 0 Å². The van der Waals surface area contributed by atoms with Crippen LogP contribution in [0.5, 0.6) is 0 Å². The van der Waals surface area contributed by atoms with Gasteiger partial charge in [-0.3, -0.25) is 13.9 Å². The van der Waals surface area contributed by atoms with E-state index in [4.69, 9.17) is 0 Å². The van der Waals surface area contributed by atoms with Gasteiger partial charge in [0, 0.05) is 23.0 Å². The summed E-state index contributed by atoms with van der Waals surface area (Å²) in [7, 11) is -4.14. The van der Waals surface area contributed by atoms with Crippen molar-refractivity contribution in [3.8, 4) is 0 Å². The first kappa shape index (κ1) is 33.0. The molecule has 0 fully saturated rings. The van der Waals surface area contributed by atoms with Crippen molar-refractivity contribution in [2.24, 2.45) is 0 Å². The molecule has 0 saturated carbocycles. The Kier molecular flexibility index (Phi) is 10.7. The Bertz CT molecular complexity index is 1670. The number of halogens is 1. The molecule has 2 amide bonds. The molecular formula is C35H38BrN3O4S. The summed E-state index contributed by atoms with van der Waals surface area (Å²) >= 11 is 3.41. The van der Waals surface area contributed by atoms with Crippen LogP contribution in [-0.2, 0) is 32.6 Å². The fourth-order valence-corrected chi connectivity index (χ4v) is 6.57. The molecular weight excluding hydrogens is 638 g/mol. The lowest BCUT2D eigenvalue weighted by molar-refractivity contribution is -0.140. The molecule has 44 heavy (non-hydrogen) atoms. The van der Waals surface area contributed by atoms with Gasteiger partial charge < -0.3 is 10.2 Å². The minimum absolute atomic E-state index is 0.0623. The number of carbonyl (C=O) groups is 2. The first-order valence-corrected chi connectivity index (χ1v) is 16.6. The topological polar surface area (TPSA) is 86.8 Å². The Balaban J connectivity index is 1.81. The summed E-state index contributed by atoms with van der Waals surface area (Å²) in [4.78, 5) is 30.0. The zero-order valence-corrected chi connectivity index (χ0v) is 27.8. The van der Waals surface area contributed by atoms with Crippen LogP contribution in [0.3, 0.4) is 0 Å². The third-order valence-corrected chi connectivity index (χ3v) is 9.25. The Morgan fingerprint density at radius 2 is 1.41 bits per heavy atom. The van der Waals surface area contributed by atoms with Crippen LogP contribution >= 0.6 is 15.9 Å². The average molecular weight is 677 g/mol. The molecule has 0 spiro atoms. The van der Waals surface area contributed by atoms with Gasteiger partial charge in [-0.1, -0.05) is 94.3 Å². The average Bonchev–Trinajstić information content (AvgIpc) is 2.98. The number of anilines is 1. The van der Waals surface area contributed by atoms with Gasteiger partial charge in [0.1, 0.15) is 12.6 Å². The van der Waals surface area contributed by atoms with E-state index in [2.05, 4.69) is 21.2 Å². The van der Waals surface area contributed by atoms with Crippen LogP contribution in [0.4, 0.5) is 5.69 Å². The highest BCUT2D eigenvalue weighted by atomic mass is 79.9. The lowest BCUT2D eigenvalue weighted by atomic mass is 10.0. The molecule has 0 radical (unpaired) electrons. The van der Waals surface area contributed by atoms with Gasteiger partial charge >= 0.3 is 0 Å². The van der Waals surface area contributed by atoms with E-state index in [1.54, 1.807) is 42.5 Å². The van der Waals surface area contributed by atoms with Crippen molar-refractivity contribution in [2.75, 3.05) is 10.8 Å². The number of carbonyl (C=O) groups excluding carboxylic acids is 2. The molecule has 0 heterocycles. The second-order valence-corrected chi connectivity index (χ2v) is 14.5. The fourth-order valence-electron chi connectivity index (χ4n) is 4.87. The summed E-state index contributed by atoms with van der Waals surface area (Å²) < 4.78 is 29.9. The molecule has 1 atom stereocenters. The maximum atomic E-state index is 14.5. The van der Waals surface area contributed by atoms with E-state index in [-0.39, 0.29) is 23.8 Å². The number of hydrogen-bond donors (Lipinski definition) is 1. The van der Waals surface area contributed by atoms with Crippen molar-refractivity contribution >= 4 is 43.5 Å². The van der Waals surface area contributed by atoms with Crippen molar-refractivity contribution in [2.45, 2.75) is 57.1 Å². The van der Waals surface area contributed by atoms with Gasteiger partial charge in [-0.05, 0) is 75.2 Å². The molecule has 4 aromatic carbocycles. The maximum Gasteiger partial charge on any atom is 0.264 e. The number of nitrogens with one attached hydrogen (secondary N) is 1. The third-order valence-electron chi connectivity index (χ3n) is 6.93. The summed E-state index contributed by atoms with van der Waals surface area (Å²) in [6.07, 6.45) is 0.254. The highest BCUT2D eigenvalue weighted by Crippen LogP contribution is 2.26. The van der Waals surface area contributed by atoms with Crippen LogP contribution in [-0.4, -0.2) is 43.3 Å². The monoisotopic (exact) mass is 675 g/mol. The molecule has 4 rings (SSSR count).